The molecule has 11 amide bonds. The number of hydrogen-bond acceptors (Lipinski definition) is 14. The van der Waals surface area contributed by atoms with Crippen LogP contribution in [0.5, 0.6) is 0 Å². The minimum Gasteiger partial charge on any atom is -0.390 e. The molecule has 0 aromatic rings. The monoisotopic (exact) mass is 1300 g/mol. The van der Waals surface area contributed by atoms with Crippen molar-refractivity contribution in [2.75, 3.05) is 61.5 Å². The Morgan fingerprint density at radius 1 is 0.593 bits per heavy atom. The van der Waals surface area contributed by atoms with Gasteiger partial charge in [-0.15, -0.1) is 11.8 Å². The molecule has 25 heteroatoms. The van der Waals surface area contributed by atoms with E-state index in [9.17, 15) is 48.3 Å². The van der Waals surface area contributed by atoms with Gasteiger partial charge < -0.3 is 65.4 Å². The Balaban J connectivity index is 4.42. The summed E-state index contributed by atoms with van der Waals surface area (Å²) in [6, 6.07) is -12.3. The average Bonchev–Trinajstić information content (AvgIpc) is 0.901. The molecule has 5 N–H and O–H groups in total. The minimum atomic E-state index is -1.65. The highest BCUT2D eigenvalue weighted by molar-refractivity contribution is 7.98. The van der Waals surface area contributed by atoms with Crippen LogP contribution in [0.4, 0.5) is 0 Å². The number of carbonyl (C=O) groups excluding carboxylic acids is 11. The Labute approximate surface area is 548 Å². The van der Waals surface area contributed by atoms with Crippen LogP contribution >= 0.6 is 11.8 Å². The number of hydrogen-bond donors (Lipinski definition) is 5. The zero-order valence-corrected chi connectivity index (χ0v) is 60.5. The van der Waals surface area contributed by atoms with Crippen LogP contribution in [0.15, 0.2) is 24.4 Å². The molecule has 1 aliphatic rings. The van der Waals surface area contributed by atoms with Crippen molar-refractivity contribution in [3.05, 3.63) is 24.4 Å². The molecule has 91 heavy (non-hydrogen) atoms. The van der Waals surface area contributed by atoms with Gasteiger partial charge in [0, 0.05) is 68.2 Å². The number of ether oxygens (including phenoxy) is 1. The maximum Gasteiger partial charge on any atom is 0.270 e. The van der Waals surface area contributed by atoms with Gasteiger partial charge in [0.2, 0.25) is 59.1 Å². The Bertz CT molecular complexity index is 2540. The van der Waals surface area contributed by atoms with E-state index in [4.69, 9.17) is 4.74 Å². The first-order valence-corrected chi connectivity index (χ1v) is 33.6. The highest BCUT2D eigenvalue weighted by atomic mass is 32.2. The maximum absolute atomic E-state index is 15.2. The van der Waals surface area contributed by atoms with E-state index in [2.05, 4.69) is 27.8 Å². The van der Waals surface area contributed by atoms with Gasteiger partial charge in [-0.2, -0.15) is 0 Å². The number of likely N-dealkylation sites (N-methyl/N-ethyl adjacent to an activating group) is 7. The summed E-state index contributed by atoms with van der Waals surface area (Å²) in [5, 5.41) is 23.3. The van der Waals surface area contributed by atoms with Crippen LogP contribution in [0.3, 0.4) is 0 Å². The van der Waals surface area contributed by atoms with Gasteiger partial charge in [0.15, 0.2) is 0 Å². The predicted molar refractivity (Wildman–Crippen MR) is 356 cm³/mol. The summed E-state index contributed by atoms with van der Waals surface area (Å²) in [4.78, 5) is 170. The zero-order chi connectivity index (χ0) is 70.6. The van der Waals surface area contributed by atoms with E-state index in [1.54, 1.807) is 81.4 Å². The van der Waals surface area contributed by atoms with E-state index in [0.29, 0.717) is 0 Å². The summed E-state index contributed by atoms with van der Waals surface area (Å²) in [5.74, 6) is -9.71. The second-order valence-electron chi connectivity index (χ2n) is 27.5. The van der Waals surface area contributed by atoms with Gasteiger partial charge in [-0.25, -0.2) is 0 Å². The molecule has 0 saturated carbocycles. The third-order valence-electron chi connectivity index (χ3n) is 17.0. The molecule has 1 fully saturated rings. The molecule has 0 aromatic heterocycles. The number of aliphatic hydroxyl groups is 1. The molecule has 0 aromatic carbocycles. The molecule has 520 valence electrons. The number of amides is 11. The standard InChI is InChI=1S/C66H117N11O13S/c1-27-29-30-42(13)55(79)54-59(83)69-46(28-2)61(85)71(19)45(16)60(84)75(23)50(35-66(17,18)90-36-91-26)58(82)70-52(40(9)10)64(88)73(21)47(31-37(3)4)57(81)68-44(15)56(80)67-43(14)34-51(78)72(20)48(32-38(5)6)62(86)74(22)49(33-39(7)8)63(87)76(24)53(41(11)12)65(89)77(54)25/h27,29,37-44,46-50,52-55,79H,16,28,30-36H2,1-15,17-26H3,(H,67,80)(H,68,81)(H,69,83)(H,70,82)/b29-27+/t42-,43-,44+,46+,47+,48-,49+,50+,52+,53+,54+,55-/m1/s1. The zero-order valence-electron chi connectivity index (χ0n) is 59.7. The molecule has 1 saturated heterocycles. The molecule has 0 unspecified atom stereocenters. The molecule has 0 spiro atoms. The van der Waals surface area contributed by atoms with Gasteiger partial charge in [0.05, 0.1) is 17.6 Å². The van der Waals surface area contributed by atoms with Crippen molar-refractivity contribution < 1.29 is 62.6 Å². The molecule has 1 heterocycles. The molecule has 0 aliphatic carbocycles. The van der Waals surface area contributed by atoms with Crippen LogP contribution in [0.1, 0.15) is 163 Å². The van der Waals surface area contributed by atoms with Crippen LogP contribution in [0.2, 0.25) is 0 Å². The second kappa shape index (κ2) is 37.6. The smallest absolute Gasteiger partial charge is 0.270 e. The minimum absolute atomic E-state index is 0.0453. The number of carbonyl (C=O) groups is 11. The van der Waals surface area contributed by atoms with E-state index in [0.717, 1.165) is 14.7 Å². The number of aliphatic hydroxyl groups excluding tert-OH is 1. The lowest BCUT2D eigenvalue weighted by atomic mass is 9.91. The molecule has 24 nitrogen and oxygen atoms in total. The molecular formula is C66H117N11O13S. The van der Waals surface area contributed by atoms with Crippen LogP contribution in [-0.2, 0) is 57.5 Å². The highest BCUT2D eigenvalue weighted by Gasteiger charge is 2.46. The third-order valence-corrected chi connectivity index (χ3v) is 17.3. The Morgan fingerprint density at radius 3 is 1.56 bits per heavy atom. The predicted octanol–water partition coefficient (Wildman–Crippen LogP) is 4.63. The van der Waals surface area contributed by atoms with E-state index in [1.165, 1.54) is 87.6 Å². The largest absolute Gasteiger partial charge is 0.390 e. The SMILES string of the molecule is C=C1C(=O)N(C)[C@@H](CC(C)(C)OCSC)C(=O)N[C@@H](C(C)C)C(=O)N(C)[C@@H](CC(C)C)C(=O)N[C@@H](C)C(=O)N[C@H](C)CC(=O)N(C)[C@H](CC(C)C)C(=O)N(C)[C@@H](CC(C)C)C(=O)N(C)[C@@H](C(C)C)C(=O)N(C)[C@@H]([C@H](O)[C@H](C)C/C=C/C)C(=O)N[C@@H](CC)C(=O)N1C. The molecule has 1 rings (SSSR count). The molecule has 0 bridgehead atoms. The van der Waals surface area contributed by atoms with E-state index in [-0.39, 0.29) is 68.6 Å². The number of allylic oxidation sites excluding steroid dienone is 2. The van der Waals surface area contributed by atoms with Crippen molar-refractivity contribution in [2.24, 2.45) is 35.5 Å². The fourth-order valence-corrected chi connectivity index (χ4v) is 11.5. The molecule has 1 aliphatic heterocycles. The van der Waals surface area contributed by atoms with Crippen molar-refractivity contribution in [3.63, 3.8) is 0 Å². The topological polar surface area (TPSA) is 288 Å². The number of thioether (sulfide) groups is 1. The van der Waals surface area contributed by atoms with Crippen LogP contribution in [0, 0.1) is 35.5 Å². The Hall–Kier alpha value is -6.08. The first-order chi connectivity index (χ1) is 42.0. The lowest BCUT2D eigenvalue weighted by Gasteiger charge is -2.41. The van der Waals surface area contributed by atoms with Gasteiger partial charge in [-0.05, 0) is 108 Å². The molecule has 12 atom stereocenters. The van der Waals surface area contributed by atoms with Crippen molar-refractivity contribution in [1.82, 2.24) is 55.6 Å². The van der Waals surface area contributed by atoms with Gasteiger partial charge in [-0.1, -0.05) is 102 Å². The van der Waals surface area contributed by atoms with Crippen LogP contribution in [0.25, 0.3) is 0 Å². The quantitative estimate of drug-likeness (QED) is 0.0711. The number of nitrogens with zero attached hydrogens (tertiary/aromatic N) is 7. The van der Waals surface area contributed by atoms with Gasteiger partial charge in [0.25, 0.3) is 5.91 Å². The van der Waals surface area contributed by atoms with Crippen molar-refractivity contribution in [3.8, 4) is 0 Å². The summed E-state index contributed by atoms with van der Waals surface area (Å²) in [7, 11) is 9.80. The van der Waals surface area contributed by atoms with Crippen LogP contribution < -0.4 is 21.3 Å². The third kappa shape index (κ3) is 23.8. The van der Waals surface area contributed by atoms with Crippen molar-refractivity contribution in [2.45, 2.75) is 235 Å². The number of rotatable bonds is 18. The fraction of sp³-hybridized carbons (Fsp3) is 0.773. The summed E-state index contributed by atoms with van der Waals surface area (Å²) in [6.45, 7) is 33.8. The summed E-state index contributed by atoms with van der Waals surface area (Å²) >= 11 is 1.39. The fourth-order valence-electron chi connectivity index (χ4n) is 11.1. The summed E-state index contributed by atoms with van der Waals surface area (Å²) in [6.07, 6.45) is 4.23. The summed E-state index contributed by atoms with van der Waals surface area (Å²) < 4.78 is 6.12. The first kappa shape index (κ1) is 82.9. The highest BCUT2D eigenvalue weighted by Crippen LogP contribution is 2.27. The van der Waals surface area contributed by atoms with Crippen LogP contribution in [-0.4, -0.2) is 238 Å². The maximum atomic E-state index is 15.2. The Kier molecular flexibility index (Phi) is 34.2. The lowest BCUT2D eigenvalue weighted by molar-refractivity contribution is -0.157. The lowest BCUT2D eigenvalue weighted by Crippen LogP contribution is -2.63. The number of nitrogens with one attached hydrogen (secondary N) is 4. The molecule has 0 radical (unpaired) electrons. The van der Waals surface area contributed by atoms with Gasteiger partial charge in [0.1, 0.15) is 60.1 Å². The van der Waals surface area contributed by atoms with Gasteiger partial charge >= 0.3 is 0 Å². The molecular weight excluding hydrogens is 1190 g/mol. The summed E-state index contributed by atoms with van der Waals surface area (Å²) in [5.41, 5.74) is -1.45. The average molecular weight is 1300 g/mol. The second-order valence-corrected chi connectivity index (χ2v) is 28.3. The van der Waals surface area contributed by atoms with Crippen molar-refractivity contribution >= 4 is 76.7 Å². The van der Waals surface area contributed by atoms with E-state index >= 15 is 9.59 Å². The van der Waals surface area contributed by atoms with E-state index < -0.39 is 161 Å². The van der Waals surface area contributed by atoms with Crippen molar-refractivity contribution in [1.29, 1.82) is 0 Å². The Morgan fingerprint density at radius 2 is 1.08 bits per heavy atom. The van der Waals surface area contributed by atoms with E-state index in [1.807, 2.05) is 47.8 Å². The normalized spacial score (nSPS) is 26.2. The van der Waals surface area contributed by atoms with Gasteiger partial charge in [-0.3, -0.25) is 52.7 Å². The first-order valence-electron chi connectivity index (χ1n) is 32.2.